The van der Waals surface area contributed by atoms with Crippen LogP contribution in [0.15, 0.2) is 48.5 Å². The lowest BCUT2D eigenvalue weighted by molar-refractivity contribution is 0.0770. The molecule has 35 heavy (non-hydrogen) atoms. The molecule has 0 unspecified atom stereocenters. The number of benzene rings is 2. The second kappa shape index (κ2) is 15.2. The van der Waals surface area contributed by atoms with Crippen molar-refractivity contribution >= 4 is 29.3 Å². The van der Waals surface area contributed by atoms with E-state index in [2.05, 4.69) is 9.96 Å². The van der Waals surface area contributed by atoms with Gasteiger partial charge in [0.05, 0.1) is 11.4 Å². The van der Waals surface area contributed by atoms with E-state index in [1.165, 1.54) is 0 Å². The van der Waals surface area contributed by atoms with Gasteiger partial charge in [-0.2, -0.15) is 0 Å². The van der Waals surface area contributed by atoms with Gasteiger partial charge in [0.2, 0.25) is 0 Å². The first-order valence-corrected chi connectivity index (χ1v) is 15.7. The number of anilines is 2. The summed E-state index contributed by atoms with van der Waals surface area (Å²) < 4.78 is 42.6. The van der Waals surface area contributed by atoms with Crippen LogP contribution >= 0.6 is 0 Å². The van der Waals surface area contributed by atoms with Crippen LogP contribution in [-0.2, 0) is 26.6 Å². The molecular formula is C24H40N2O7Si2. The lowest BCUT2D eigenvalue weighted by Gasteiger charge is -2.33. The summed E-state index contributed by atoms with van der Waals surface area (Å²) in [5.74, 6) is 1.25. The van der Waals surface area contributed by atoms with E-state index in [-0.39, 0.29) is 0 Å². The van der Waals surface area contributed by atoms with Gasteiger partial charge in [-0.1, -0.05) is 24.3 Å². The van der Waals surface area contributed by atoms with Crippen LogP contribution in [0.4, 0.5) is 11.4 Å². The zero-order valence-electron chi connectivity index (χ0n) is 21.7. The van der Waals surface area contributed by atoms with Crippen molar-refractivity contribution in [1.29, 1.82) is 0 Å². The van der Waals surface area contributed by atoms with Crippen molar-refractivity contribution in [2.75, 3.05) is 49.6 Å². The predicted octanol–water partition coefficient (Wildman–Crippen LogP) is 5.39. The van der Waals surface area contributed by atoms with E-state index < -0.39 is 17.9 Å². The van der Waals surface area contributed by atoms with Gasteiger partial charge in [0.15, 0.2) is 5.75 Å². The molecule has 2 aromatic carbocycles. The second-order valence-corrected chi connectivity index (χ2v) is 11.5. The van der Waals surface area contributed by atoms with Gasteiger partial charge < -0.3 is 41.3 Å². The van der Waals surface area contributed by atoms with Gasteiger partial charge in [0.1, 0.15) is 5.75 Å². The number of ether oxygens (including phenoxy) is 1. The smallest absolute Gasteiger partial charge is 0.455 e. The maximum Gasteiger partial charge on any atom is 0.631 e. The van der Waals surface area contributed by atoms with Crippen LogP contribution in [-0.4, -0.2) is 57.6 Å². The Bertz CT molecular complexity index is 827. The van der Waals surface area contributed by atoms with E-state index in [4.69, 9.17) is 31.3 Å². The predicted molar refractivity (Wildman–Crippen MR) is 141 cm³/mol. The minimum atomic E-state index is -3.32. The van der Waals surface area contributed by atoms with Gasteiger partial charge in [-0.05, 0) is 65.8 Å². The number of para-hydroxylation sites is 2. The summed E-state index contributed by atoms with van der Waals surface area (Å²) in [6.07, 6.45) is 0. The quantitative estimate of drug-likeness (QED) is 0.249. The Morgan fingerprint density at radius 2 is 1.00 bits per heavy atom. The van der Waals surface area contributed by atoms with Gasteiger partial charge in [0.25, 0.3) is 0 Å². The van der Waals surface area contributed by atoms with Gasteiger partial charge in [-0.15, -0.1) is 0 Å². The zero-order valence-corrected chi connectivity index (χ0v) is 23.7. The highest BCUT2D eigenvalue weighted by Gasteiger charge is 2.46. The van der Waals surface area contributed by atoms with Crippen LogP contribution in [0.5, 0.6) is 11.5 Å². The highest BCUT2D eigenvalue weighted by molar-refractivity contribution is 6.66. The fourth-order valence-electron chi connectivity index (χ4n) is 3.39. The SMILES string of the molecule is CCO[Si](Nc1cccc(Oc2ccccc2)c1N[Si](OCC)(OCC)OCC)(OCC)OCC. The fraction of sp³-hybridized carbons (Fsp3) is 0.500. The molecule has 2 rings (SSSR count). The van der Waals surface area contributed by atoms with Gasteiger partial charge in [-0.3, -0.25) is 0 Å². The van der Waals surface area contributed by atoms with Crippen LogP contribution in [0.3, 0.4) is 0 Å². The maximum absolute atomic E-state index is 6.27. The lowest BCUT2D eigenvalue weighted by atomic mass is 10.2. The number of nitrogens with one attached hydrogen (secondary N) is 2. The fourth-order valence-corrected chi connectivity index (χ4v) is 7.70. The van der Waals surface area contributed by atoms with Gasteiger partial charge in [-0.25, -0.2) is 0 Å². The van der Waals surface area contributed by atoms with Crippen molar-refractivity contribution in [3.05, 3.63) is 48.5 Å². The van der Waals surface area contributed by atoms with Gasteiger partial charge in [0, 0.05) is 39.6 Å². The van der Waals surface area contributed by atoms with Crippen molar-refractivity contribution in [2.45, 2.75) is 41.5 Å². The molecular weight excluding hydrogens is 484 g/mol. The lowest BCUT2D eigenvalue weighted by Crippen LogP contribution is -2.55. The van der Waals surface area contributed by atoms with Crippen LogP contribution in [0.1, 0.15) is 41.5 Å². The summed E-state index contributed by atoms with van der Waals surface area (Å²) in [6, 6.07) is 15.2. The summed E-state index contributed by atoms with van der Waals surface area (Å²) in [7, 11) is -6.59. The Balaban J connectivity index is 2.61. The van der Waals surface area contributed by atoms with Crippen LogP contribution in [0.2, 0.25) is 0 Å². The van der Waals surface area contributed by atoms with E-state index in [1.807, 2.05) is 90.1 Å². The highest BCUT2D eigenvalue weighted by atomic mass is 28.4. The maximum atomic E-state index is 6.27. The van der Waals surface area contributed by atoms with E-state index in [0.717, 1.165) is 0 Å². The molecule has 0 aliphatic carbocycles. The molecule has 2 aromatic rings. The molecule has 0 fully saturated rings. The molecule has 0 spiro atoms. The summed E-state index contributed by atoms with van der Waals surface area (Å²) in [5.41, 5.74) is 1.27. The normalized spacial score (nSPS) is 11.9. The topological polar surface area (TPSA) is 88.7 Å². The molecule has 11 heteroatoms. The molecule has 0 saturated heterocycles. The molecule has 2 N–H and O–H groups in total. The first kappa shape index (κ1) is 29.3. The molecule has 0 bridgehead atoms. The number of hydrogen-bond donors (Lipinski definition) is 2. The van der Waals surface area contributed by atoms with Gasteiger partial charge >= 0.3 is 17.9 Å². The van der Waals surface area contributed by atoms with Crippen molar-refractivity contribution in [3.8, 4) is 11.5 Å². The first-order valence-electron chi connectivity index (χ1n) is 12.3. The average Bonchev–Trinajstić information content (AvgIpc) is 2.83. The zero-order chi connectivity index (χ0) is 25.6. The molecule has 0 atom stereocenters. The molecule has 0 aromatic heterocycles. The van der Waals surface area contributed by atoms with Crippen LogP contribution in [0.25, 0.3) is 0 Å². The Hall–Kier alpha value is -1.97. The van der Waals surface area contributed by atoms with Crippen LogP contribution in [0, 0.1) is 0 Å². The Labute approximate surface area is 211 Å². The molecule has 0 heterocycles. The minimum absolute atomic E-state index is 0.416. The molecule has 0 amide bonds. The molecule has 0 saturated carbocycles. The summed E-state index contributed by atoms with van der Waals surface area (Å²) in [6.45, 7) is 14.0. The standard InChI is InChI=1S/C24H40N2O7Si2/c1-7-27-34(28-8-2,29-9-3)25-22-19-16-20-23(33-21-17-14-13-15-18-21)24(22)26-35(30-10-4,31-11-5)32-12-6/h13-20,25-26H,7-12H2,1-6H3. The van der Waals surface area contributed by atoms with Crippen LogP contribution < -0.4 is 14.7 Å². The third-order valence-electron chi connectivity index (χ3n) is 4.57. The minimum Gasteiger partial charge on any atom is -0.455 e. The van der Waals surface area contributed by atoms with E-state index in [0.29, 0.717) is 62.5 Å². The molecule has 0 aliphatic rings. The highest BCUT2D eigenvalue weighted by Crippen LogP contribution is 2.38. The number of hydrogen-bond acceptors (Lipinski definition) is 9. The largest absolute Gasteiger partial charge is 0.631 e. The molecule has 196 valence electrons. The van der Waals surface area contributed by atoms with Crippen molar-refractivity contribution in [1.82, 2.24) is 0 Å². The van der Waals surface area contributed by atoms with E-state index in [9.17, 15) is 0 Å². The summed E-state index contributed by atoms with van der Waals surface area (Å²) in [4.78, 5) is 6.87. The molecule has 0 radical (unpaired) electrons. The second-order valence-electron chi connectivity index (χ2n) is 7.05. The van der Waals surface area contributed by atoms with E-state index in [1.54, 1.807) is 0 Å². The Morgan fingerprint density at radius 3 is 1.46 bits per heavy atom. The van der Waals surface area contributed by atoms with Crippen molar-refractivity contribution in [2.24, 2.45) is 0 Å². The summed E-state index contributed by atoms with van der Waals surface area (Å²) in [5, 5.41) is 0. The third-order valence-corrected chi connectivity index (χ3v) is 9.71. The Morgan fingerprint density at radius 1 is 0.543 bits per heavy atom. The third kappa shape index (κ3) is 8.58. The molecule has 9 nitrogen and oxygen atoms in total. The van der Waals surface area contributed by atoms with Crippen molar-refractivity contribution in [3.63, 3.8) is 0 Å². The first-order chi connectivity index (χ1) is 17.0. The average molecular weight is 525 g/mol. The molecule has 0 aliphatic heterocycles. The Kier molecular flexibility index (Phi) is 12.7. The van der Waals surface area contributed by atoms with Crippen molar-refractivity contribution < 1.29 is 31.3 Å². The monoisotopic (exact) mass is 524 g/mol. The number of rotatable bonds is 18. The summed E-state index contributed by atoms with van der Waals surface area (Å²) >= 11 is 0. The van der Waals surface area contributed by atoms with E-state index >= 15 is 0 Å².